The molecule has 3 aliphatic heterocycles. The third kappa shape index (κ3) is 1.69. The Bertz CT molecular complexity index is 458. The maximum Gasteiger partial charge on any atom is 0.246 e. The summed E-state index contributed by atoms with van der Waals surface area (Å²) in [6.07, 6.45) is 1.57. The lowest BCUT2D eigenvalue weighted by molar-refractivity contribution is -0.154. The SMILES string of the molecule is O=C1NC2CCC1N(Cc1ccccc1)C2=O. The van der Waals surface area contributed by atoms with E-state index >= 15 is 0 Å². The zero-order valence-corrected chi connectivity index (χ0v) is 9.43. The second kappa shape index (κ2) is 3.87. The van der Waals surface area contributed by atoms with Crippen molar-refractivity contribution in [3.63, 3.8) is 0 Å². The number of hydrogen-bond acceptors (Lipinski definition) is 2. The summed E-state index contributed by atoms with van der Waals surface area (Å²) < 4.78 is 0. The summed E-state index contributed by atoms with van der Waals surface area (Å²) in [4.78, 5) is 25.5. The fourth-order valence-corrected chi connectivity index (χ4v) is 2.60. The standard InChI is InChI=1S/C13H14N2O2/c16-12-11-7-6-10(14-12)13(17)15(11)8-9-4-2-1-3-5-9/h1-5,10-11H,6-8H2,(H,14,16). The monoisotopic (exact) mass is 230 g/mol. The Balaban J connectivity index is 1.83. The smallest absolute Gasteiger partial charge is 0.246 e. The molecule has 4 rings (SSSR count). The van der Waals surface area contributed by atoms with Crippen LogP contribution in [0.15, 0.2) is 30.3 Å². The van der Waals surface area contributed by atoms with E-state index in [9.17, 15) is 9.59 Å². The number of carbonyl (C=O) groups is 2. The van der Waals surface area contributed by atoms with Gasteiger partial charge in [-0.1, -0.05) is 30.3 Å². The van der Waals surface area contributed by atoms with Crippen molar-refractivity contribution in [3.8, 4) is 0 Å². The highest BCUT2D eigenvalue weighted by atomic mass is 16.2. The topological polar surface area (TPSA) is 49.4 Å². The molecule has 88 valence electrons. The van der Waals surface area contributed by atoms with Crippen LogP contribution in [0.2, 0.25) is 0 Å². The number of amides is 2. The Kier molecular flexibility index (Phi) is 2.35. The molecule has 1 aromatic rings. The zero-order valence-electron chi connectivity index (χ0n) is 9.43. The van der Waals surface area contributed by atoms with Crippen LogP contribution in [0, 0.1) is 0 Å². The second-order valence-electron chi connectivity index (χ2n) is 4.61. The number of nitrogens with zero attached hydrogens (tertiary/aromatic N) is 1. The molecule has 2 amide bonds. The first-order valence-electron chi connectivity index (χ1n) is 5.90. The van der Waals surface area contributed by atoms with Crippen LogP contribution in [-0.2, 0) is 16.1 Å². The van der Waals surface area contributed by atoms with Gasteiger partial charge in [0, 0.05) is 6.54 Å². The van der Waals surface area contributed by atoms with Crippen LogP contribution in [0.5, 0.6) is 0 Å². The molecule has 3 fully saturated rings. The Hall–Kier alpha value is -1.84. The van der Waals surface area contributed by atoms with Crippen molar-refractivity contribution < 1.29 is 9.59 Å². The van der Waals surface area contributed by atoms with Gasteiger partial charge in [-0.3, -0.25) is 9.59 Å². The quantitative estimate of drug-likeness (QED) is 0.812. The molecule has 17 heavy (non-hydrogen) atoms. The largest absolute Gasteiger partial charge is 0.343 e. The summed E-state index contributed by atoms with van der Waals surface area (Å²) in [6, 6.07) is 9.23. The van der Waals surface area contributed by atoms with Gasteiger partial charge in [0.15, 0.2) is 0 Å². The van der Waals surface area contributed by atoms with E-state index in [2.05, 4.69) is 5.32 Å². The molecule has 2 unspecified atom stereocenters. The molecule has 1 aromatic carbocycles. The third-order valence-electron chi connectivity index (χ3n) is 3.50. The molecule has 0 saturated carbocycles. The maximum atomic E-state index is 12.0. The Morgan fingerprint density at radius 2 is 1.94 bits per heavy atom. The van der Waals surface area contributed by atoms with E-state index in [4.69, 9.17) is 0 Å². The molecule has 4 nitrogen and oxygen atoms in total. The van der Waals surface area contributed by atoms with Crippen LogP contribution in [0.1, 0.15) is 18.4 Å². The Morgan fingerprint density at radius 3 is 2.65 bits per heavy atom. The minimum Gasteiger partial charge on any atom is -0.343 e. The molecule has 3 heterocycles. The fraction of sp³-hybridized carbons (Fsp3) is 0.385. The molecule has 3 saturated heterocycles. The molecule has 0 aromatic heterocycles. The molecule has 3 aliphatic rings. The summed E-state index contributed by atoms with van der Waals surface area (Å²) in [5.41, 5.74) is 1.07. The van der Waals surface area contributed by atoms with Gasteiger partial charge in [-0.15, -0.1) is 0 Å². The maximum absolute atomic E-state index is 12.0. The lowest BCUT2D eigenvalue weighted by Crippen LogP contribution is -2.66. The second-order valence-corrected chi connectivity index (χ2v) is 4.61. The normalized spacial score (nSPS) is 27.2. The molecular weight excluding hydrogens is 216 g/mol. The van der Waals surface area contributed by atoms with Gasteiger partial charge >= 0.3 is 0 Å². The summed E-state index contributed by atoms with van der Waals surface area (Å²) in [5.74, 6) is 0.0569. The molecule has 1 N–H and O–H groups in total. The predicted octanol–water partition coefficient (Wildman–Crippen LogP) is 0.676. The number of hydrogen-bond donors (Lipinski definition) is 1. The fourth-order valence-electron chi connectivity index (χ4n) is 2.60. The lowest BCUT2D eigenvalue weighted by atomic mass is 9.91. The number of carbonyl (C=O) groups excluding carboxylic acids is 2. The van der Waals surface area contributed by atoms with Crippen LogP contribution >= 0.6 is 0 Å². The van der Waals surface area contributed by atoms with E-state index in [1.807, 2.05) is 30.3 Å². The van der Waals surface area contributed by atoms with Crippen molar-refractivity contribution in [2.24, 2.45) is 0 Å². The predicted molar refractivity (Wildman–Crippen MR) is 61.9 cm³/mol. The average Bonchev–Trinajstić information content (AvgIpc) is 2.35. The van der Waals surface area contributed by atoms with E-state index in [0.29, 0.717) is 6.54 Å². The van der Waals surface area contributed by atoms with Gasteiger partial charge in [0.2, 0.25) is 11.8 Å². The lowest BCUT2D eigenvalue weighted by Gasteiger charge is -2.44. The summed E-state index contributed by atoms with van der Waals surface area (Å²) in [6.45, 7) is 0.536. The number of fused-ring (bicyclic) bond motifs is 3. The van der Waals surface area contributed by atoms with E-state index in [1.165, 1.54) is 0 Å². The molecule has 4 heteroatoms. The van der Waals surface area contributed by atoms with E-state index < -0.39 is 0 Å². The van der Waals surface area contributed by atoms with Crippen molar-refractivity contribution in [3.05, 3.63) is 35.9 Å². The van der Waals surface area contributed by atoms with E-state index in [0.717, 1.165) is 18.4 Å². The number of rotatable bonds is 2. The van der Waals surface area contributed by atoms with Crippen molar-refractivity contribution in [2.45, 2.75) is 31.5 Å². The number of piperazine rings is 1. The van der Waals surface area contributed by atoms with Gasteiger partial charge in [0.1, 0.15) is 12.1 Å². The van der Waals surface area contributed by atoms with Crippen LogP contribution in [-0.4, -0.2) is 28.8 Å². The van der Waals surface area contributed by atoms with Crippen LogP contribution in [0.25, 0.3) is 0 Å². The first kappa shape index (κ1) is 10.3. The first-order valence-corrected chi connectivity index (χ1v) is 5.90. The van der Waals surface area contributed by atoms with Crippen molar-refractivity contribution in [1.29, 1.82) is 0 Å². The van der Waals surface area contributed by atoms with E-state index in [-0.39, 0.29) is 23.9 Å². The molecule has 0 radical (unpaired) electrons. The van der Waals surface area contributed by atoms with Gasteiger partial charge in [0.05, 0.1) is 0 Å². The molecule has 2 atom stereocenters. The Morgan fingerprint density at radius 1 is 1.18 bits per heavy atom. The van der Waals surface area contributed by atoms with Crippen molar-refractivity contribution in [1.82, 2.24) is 10.2 Å². The number of piperidine rings is 2. The average molecular weight is 230 g/mol. The molecular formula is C13H14N2O2. The molecule has 0 spiro atoms. The number of nitrogens with one attached hydrogen (secondary N) is 1. The van der Waals surface area contributed by atoms with Crippen LogP contribution < -0.4 is 5.32 Å². The van der Waals surface area contributed by atoms with Crippen molar-refractivity contribution in [2.75, 3.05) is 0 Å². The van der Waals surface area contributed by atoms with Crippen LogP contribution in [0.4, 0.5) is 0 Å². The summed E-state index contributed by atoms with van der Waals surface area (Å²) in [7, 11) is 0. The molecule has 2 bridgehead atoms. The zero-order chi connectivity index (χ0) is 11.8. The van der Waals surface area contributed by atoms with Gasteiger partial charge in [-0.2, -0.15) is 0 Å². The highest BCUT2D eigenvalue weighted by molar-refractivity contribution is 5.98. The highest BCUT2D eigenvalue weighted by Gasteiger charge is 2.45. The van der Waals surface area contributed by atoms with Gasteiger partial charge in [-0.25, -0.2) is 0 Å². The third-order valence-corrected chi connectivity index (χ3v) is 3.50. The minimum absolute atomic E-state index is 0.00298. The Labute approximate surface area is 99.6 Å². The minimum atomic E-state index is -0.295. The van der Waals surface area contributed by atoms with Gasteiger partial charge < -0.3 is 10.2 Å². The van der Waals surface area contributed by atoms with Gasteiger partial charge in [-0.05, 0) is 18.4 Å². The number of benzene rings is 1. The summed E-state index contributed by atoms with van der Waals surface area (Å²) >= 11 is 0. The highest BCUT2D eigenvalue weighted by Crippen LogP contribution is 2.25. The van der Waals surface area contributed by atoms with E-state index in [1.54, 1.807) is 4.90 Å². The van der Waals surface area contributed by atoms with Gasteiger partial charge in [0.25, 0.3) is 0 Å². The summed E-state index contributed by atoms with van der Waals surface area (Å²) in [5, 5.41) is 2.75. The van der Waals surface area contributed by atoms with Crippen molar-refractivity contribution >= 4 is 11.8 Å². The van der Waals surface area contributed by atoms with Crippen LogP contribution in [0.3, 0.4) is 0 Å². The first-order chi connectivity index (χ1) is 8.25. The molecule has 0 aliphatic carbocycles.